The highest BCUT2D eigenvalue weighted by Crippen LogP contribution is 2.69. The van der Waals surface area contributed by atoms with Gasteiger partial charge in [0.15, 0.2) is 0 Å². The summed E-state index contributed by atoms with van der Waals surface area (Å²) < 4.78 is 0. The molecule has 0 saturated heterocycles. The average Bonchev–Trinajstić information content (AvgIpc) is 2.59. The van der Waals surface area contributed by atoms with Gasteiger partial charge in [-0.2, -0.15) is 0 Å². The summed E-state index contributed by atoms with van der Waals surface area (Å²) in [4.78, 5) is 0. The van der Waals surface area contributed by atoms with Crippen LogP contribution >= 0.6 is 0 Å². The van der Waals surface area contributed by atoms with E-state index < -0.39 is 5.60 Å². The van der Waals surface area contributed by atoms with Gasteiger partial charge in [-0.05, 0) is 24.8 Å². The number of rotatable bonds is 2. The van der Waals surface area contributed by atoms with Crippen molar-refractivity contribution >= 4 is 0 Å². The van der Waals surface area contributed by atoms with Crippen molar-refractivity contribution in [2.45, 2.75) is 45.8 Å². The van der Waals surface area contributed by atoms with E-state index in [1.807, 2.05) is 20.8 Å². The zero-order chi connectivity index (χ0) is 10.7. The highest BCUT2D eigenvalue weighted by molar-refractivity contribution is 5.41. The SMILES string of the molecule is CC1=CC(C(O)C(C)C)C2(C)CC12O. The molecule has 0 amide bonds. The van der Waals surface area contributed by atoms with E-state index in [1.165, 1.54) is 0 Å². The van der Waals surface area contributed by atoms with E-state index in [-0.39, 0.29) is 23.4 Å². The Hall–Kier alpha value is -0.340. The Kier molecular flexibility index (Phi) is 1.90. The highest BCUT2D eigenvalue weighted by Gasteiger charge is 2.71. The van der Waals surface area contributed by atoms with Crippen molar-refractivity contribution in [3.05, 3.63) is 11.6 Å². The van der Waals surface area contributed by atoms with Crippen LogP contribution in [0.5, 0.6) is 0 Å². The first-order chi connectivity index (χ1) is 6.33. The van der Waals surface area contributed by atoms with Crippen molar-refractivity contribution in [3.8, 4) is 0 Å². The molecule has 2 nitrogen and oxygen atoms in total. The molecule has 4 unspecified atom stereocenters. The summed E-state index contributed by atoms with van der Waals surface area (Å²) in [5.74, 6) is 0.385. The normalized spacial score (nSPS) is 47.6. The summed E-state index contributed by atoms with van der Waals surface area (Å²) in [7, 11) is 0. The zero-order valence-corrected chi connectivity index (χ0v) is 9.41. The van der Waals surface area contributed by atoms with Crippen LogP contribution in [0, 0.1) is 17.3 Å². The fraction of sp³-hybridized carbons (Fsp3) is 0.833. The molecule has 0 radical (unpaired) electrons. The molecule has 2 aliphatic rings. The van der Waals surface area contributed by atoms with Gasteiger partial charge in [-0.1, -0.05) is 26.8 Å². The van der Waals surface area contributed by atoms with Crippen LogP contribution < -0.4 is 0 Å². The molecule has 80 valence electrons. The van der Waals surface area contributed by atoms with Gasteiger partial charge in [-0.25, -0.2) is 0 Å². The molecule has 0 aliphatic heterocycles. The molecule has 0 aromatic heterocycles. The van der Waals surface area contributed by atoms with Gasteiger partial charge in [0, 0.05) is 11.3 Å². The predicted molar refractivity (Wildman–Crippen MR) is 55.8 cm³/mol. The molecule has 1 saturated carbocycles. The van der Waals surface area contributed by atoms with Gasteiger partial charge < -0.3 is 10.2 Å². The minimum absolute atomic E-state index is 0.0965. The van der Waals surface area contributed by atoms with Crippen molar-refractivity contribution in [2.24, 2.45) is 17.3 Å². The van der Waals surface area contributed by atoms with Gasteiger partial charge >= 0.3 is 0 Å². The van der Waals surface area contributed by atoms with Crippen molar-refractivity contribution in [1.29, 1.82) is 0 Å². The smallest absolute Gasteiger partial charge is 0.0921 e. The van der Waals surface area contributed by atoms with E-state index in [0.29, 0.717) is 0 Å². The maximum atomic E-state index is 10.2. The molecule has 0 aromatic rings. The second-order valence-corrected chi connectivity index (χ2v) is 5.56. The summed E-state index contributed by atoms with van der Waals surface area (Å²) in [6.07, 6.45) is 2.55. The van der Waals surface area contributed by atoms with Crippen LogP contribution in [0.4, 0.5) is 0 Å². The fourth-order valence-electron chi connectivity index (χ4n) is 2.95. The van der Waals surface area contributed by atoms with Crippen molar-refractivity contribution < 1.29 is 10.2 Å². The van der Waals surface area contributed by atoms with Crippen LogP contribution in [-0.2, 0) is 0 Å². The van der Waals surface area contributed by atoms with E-state index in [2.05, 4.69) is 13.0 Å². The largest absolute Gasteiger partial charge is 0.392 e. The Balaban J connectivity index is 2.25. The number of aliphatic hydroxyl groups excluding tert-OH is 1. The Morgan fingerprint density at radius 2 is 2.07 bits per heavy atom. The lowest BCUT2D eigenvalue weighted by Gasteiger charge is -2.26. The molecule has 0 heterocycles. The van der Waals surface area contributed by atoms with E-state index in [4.69, 9.17) is 0 Å². The number of hydrogen-bond acceptors (Lipinski definition) is 2. The molecule has 14 heavy (non-hydrogen) atoms. The number of hydrogen-bond donors (Lipinski definition) is 2. The highest BCUT2D eigenvalue weighted by atomic mass is 16.3. The first-order valence-electron chi connectivity index (χ1n) is 5.42. The van der Waals surface area contributed by atoms with E-state index >= 15 is 0 Å². The van der Waals surface area contributed by atoms with Crippen LogP contribution in [0.3, 0.4) is 0 Å². The third kappa shape index (κ3) is 0.986. The van der Waals surface area contributed by atoms with Crippen molar-refractivity contribution in [2.75, 3.05) is 0 Å². The molecule has 2 aliphatic carbocycles. The third-order valence-electron chi connectivity index (χ3n) is 4.31. The van der Waals surface area contributed by atoms with Crippen LogP contribution in [-0.4, -0.2) is 21.9 Å². The molecule has 2 heteroatoms. The molecule has 0 spiro atoms. The van der Waals surface area contributed by atoms with Gasteiger partial charge in [-0.15, -0.1) is 0 Å². The van der Waals surface area contributed by atoms with Crippen molar-refractivity contribution in [1.82, 2.24) is 0 Å². The number of aliphatic hydroxyl groups is 2. The summed E-state index contributed by atoms with van der Waals surface area (Å²) in [5, 5.41) is 20.3. The summed E-state index contributed by atoms with van der Waals surface area (Å²) in [5.41, 5.74) is 0.346. The average molecular weight is 196 g/mol. The van der Waals surface area contributed by atoms with Crippen LogP contribution in [0.2, 0.25) is 0 Å². The van der Waals surface area contributed by atoms with Gasteiger partial charge in [0.1, 0.15) is 0 Å². The fourth-order valence-corrected chi connectivity index (χ4v) is 2.95. The Morgan fingerprint density at radius 3 is 2.36 bits per heavy atom. The van der Waals surface area contributed by atoms with E-state index in [9.17, 15) is 10.2 Å². The lowest BCUT2D eigenvalue weighted by molar-refractivity contribution is 0.0372. The second-order valence-electron chi connectivity index (χ2n) is 5.56. The maximum Gasteiger partial charge on any atom is 0.0921 e. The Bertz CT molecular complexity index is 295. The van der Waals surface area contributed by atoms with Crippen LogP contribution in [0.1, 0.15) is 34.1 Å². The van der Waals surface area contributed by atoms with Crippen LogP contribution in [0.25, 0.3) is 0 Å². The lowest BCUT2D eigenvalue weighted by Crippen LogP contribution is -2.31. The monoisotopic (exact) mass is 196 g/mol. The molecule has 2 N–H and O–H groups in total. The number of fused-ring (bicyclic) bond motifs is 1. The van der Waals surface area contributed by atoms with E-state index in [0.717, 1.165) is 12.0 Å². The van der Waals surface area contributed by atoms with Gasteiger partial charge in [-0.3, -0.25) is 0 Å². The molecule has 0 bridgehead atoms. The Morgan fingerprint density at radius 1 is 1.50 bits per heavy atom. The summed E-state index contributed by atoms with van der Waals surface area (Å²) in [6, 6.07) is 0. The Labute approximate surface area is 85.6 Å². The molecule has 1 fully saturated rings. The van der Waals surface area contributed by atoms with Gasteiger partial charge in [0.05, 0.1) is 11.7 Å². The summed E-state index contributed by atoms with van der Waals surface area (Å²) in [6.45, 7) is 8.10. The minimum atomic E-state index is -0.604. The molecule has 4 atom stereocenters. The predicted octanol–water partition coefficient (Wildman–Crippen LogP) is 1.72. The first-order valence-corrected chi connectivity index (χ1v) is 5.42. The molecule has 0 aromatic carbocycles. The van der Waals surface area contributed by atoms with E-state index in [1.54, 1.807) is 0 Å². The topological polar surface area (TPSA) is 40.5 Å². The third-order valence-corrected chi connectivity index (χ3v) is 4.31. The van der Waals surface area contributed by atoms with Crippen molar-refractivity contribution in [3.63, 3.8) is 0 Å². The molecular weight excluding hydrogens is 176 g/mol. The quantitative estimate of drug-likeness (QED) is 0.660. The summed E-state index contributed by atoms with van der Waals surface area (Å²) >= 11 is 0. The second kappa shape index (κ2) is 2.61. The lowest BCUT2D eigenvalue weighted by atomic mass is 9.83. The standard InChI is InChI=1S/C12H20O2/c1-7(2)10(13)9-5-8(3)12(14)6-11(9,12)4/h5,7,9-10,13-14H,6H2,1-4H3. The van der Waals surface area contributed by atoms with Crippen LogP contribution in [0.15, 0.2) is 11.6 Å². The molecular formula is C12H20O2. The van der Waals surface area contributed by atoms with Gasteiger partial charge in [0.25, 0.3) is 0 Å². The van der Waals surface area contributed by atoms with Gasteiger partial charge in [0.2, 0.25) is 0 Å². The minimum Gasteiger partial charge on any atom is -0.392 e. The first kappa shape index (κ1) is 10.2. The zero-order valence-electron chi connectivity index (χ0n) is 9.41. The maximum absolute atomic E-state index is 10.2. The molecule has 2 rings (SSSR count).